The minimum Gasteiger partial charge on any atom is -0.481 e. The highest BCUT2D eigenvalue weighted by molar-refractivity contribution is 5.62. The van der Waals surface area contributed by atoms with Gasteiger partial charge in [-0.15, -0.1) is 0 Å². The van der Waals surface area contributed by atoms with Crippen molar-refractivity contribution < 1.29 is 9.90 Å². The van der Waals surface area contributed by atoms with Crippen LogP contribution in [0.1, 0.15) is 55.9 Å². The maximum atomic E-state index is 9.00. The highest BCUT2D eigenvalue weighted by Crippen LogP contribution is 1.95. The predicted octanol–water partition coefficient (Wildman–Crippen LogP) is 4.68. The number of nitriles is 4. The van der Waals surface area contributed by atoms with Crippen LogP contribution in [0.25, 0.3) is 0 Å². The van der Waals surface area contributed by atoms with Gasteiger partial charge in [0.05, 0.1) is 24.3 Å². The molecule has 0 aliphatic carbocycles. The van der Waals surface area contributed by atoms with Crippen molar-refractivity contribution in [3.63, 3.8) is 0 Å². The molecule has 0 radical (unpaired) electrons. The molecule has 0 spiro atoms. The first-order valence-electron chi connectivity index (χ1n) is 6.03. The first-order valence-corrected chi connectivity index (χ1v) is 6.03. The molecule has 0 aliphatic rings. The average Bonchev–Trinajstić information content (AvgIpc) is 2.46. The van der Waals surface area contributed by atoms with E-state index in [0.29, 0.717) is 38.9 Å². The van der Waals surface area contributed by atoms with Gasteiger partial charge < -0.3 is 22.3 Å². The van der Waals surface area contributed by atoms with E-state index in [1.807, 2.05) is 23.1 Å². The van der Waals surface area contributed by atoms with Crippen molar-refractivity contribution in [2.45, 2.75) is 55.9 Å². The van der Waals surface area contributed by atoms with Gasteiger partial charge >= 0.3 is 0 Å². The SMILES string of the molecule is C.C.C.C.C=CC#N.CC(=O)O.N.N.N#CCCN(CCC#N)CCC#N. The van der Waals surface area contributed by atoms with E-state index in [0.717, 1.165) is 6.92 Å². The van der Waals surface area contributed by atoms with E-state index in [1.165, 1.54) is 6.08 Å². The van der Waals surface area contributed by atoms with Crippen molar-refractivity contribution in [2.75, 3.05) is 19.6 Å². The largest absolute Gasteiger partial charge is 0.481 e. The van der Waals surface area contributed by atoms with Crippen molar-refractivity contribution in [1.29, 1.82) is 21.0 Å². The molecular weight excluding hydrogens is 346 g/mol. The number of nitrogens with zero attached hydrogens (tertiary/aromatic N) is 5. The molecule has 0 aromatic rings. The molecule has 0 saturated heterocycles. The summed E-state index contributed by atoms with van der Waals surface area (Å²) < 4.78 is 0. The summed E-state index contributed by atoms with van der Waals surface area (Å²) in [5.74, 6) is -0.833. The molecular formula is C18H41N7O2. The first-order chi connectivity index (χ1) is 9.99. The van der Waals surface area contributed by atoms with Crippen LogP contribution in [-0.2, 0) is 4.79 Å². The molecule has 0 atom stereocenters. The molecule has 160 valence electrons. The maximum Gasteiger partial charge on any atom is 0.300 e. The van der Waals surface area contributed by atoms with Crippen LogP contribution >= 0.6 is 0 Å². The van der Waals surface area contributed by atoms with Gasteiger partial charge in [-0.2, -0.15) is 21.0 Å². The Balaban J connectivity index is -0.0000000287. The normalized spacial score (nSPS) is 5.70. The molecule has 27 heavy (non-hydrogen) atoms. The molecule has 9 heteroatoms. The number of aliphatic carboxylic acids is 1. The molecule has 7 N–H and O–H groups in total. The van der Waals surface area contributed by atoms with Crippen LogP contribution in [0.4, 0.5) is 0 Å². The van der Waals surface area contributed by atoms with Crippen molar-refractivity contribution in [3.8, 4) is 24.3 Å². The monoisotopic (exact) mass is 387 g/mol. The fourth-order valence-electron chi connectivity index (χ4n) is 0.960. The second-order valence-electron chi connectivity index (χ2n) is 3.42. The van der Waals surface area contributed by atoms with Gasteiger partial charge in [0.2, 0.25) is 0 Å². The van der Waals surface area contributed by atoms with Gasteiger partial charge in [-0.1, -0.05) is 36.3 Å². The third-order valence-electron chi connectivity index (χ3n) is 1.71. The number of hydrogen-bond donors (Lipinski definition) is 3. The van der Waals surface area contributed by atoms with Gasteiger partial charge in [0.25, 0.3) is 5.97 Å². The molecule has 0 rings (SSSR count). The van der Waals surface area contributed by atoms with Gasteiger partial charge in [0, 0.05) is 51.9 Å². The smallest absolute Gasteiger partial charge is 0.300 e. The number of rotatable bonds is 6. The number of allylic oxidation sites excluding steroid dienone is 1. The number of hydrogen-bond acceptors (Lipinski definition) is 8. The predicted molar refractivity (Wildman–Crippen MR) is 113 cm³/mol. The Labute approximate surface area is 167 Å². The maximum absolute atomic E-state index is 9.00. The minimum absolute atomic E-state index is 0. The summed E-state index contributed by atoms with van der Waals surface area (Å²) in [5, 5.41) is 40.0. The lowest BCUT2D eigenvalue weighted by molar-refractivity contribution is -0.134. The first kappa shape index (κ1) is 56.4. The summed E-state index contributed by atoms with van der Waals surface area (Å²) in [6.07, 6.45) is 2.55. The van der Waals surface area contributed by atoms with Gasteiger partial charge in [-0.25, -0.2) is 0 Å². The Hall–Kier alpha value is -2.95. The molecule has 0 aliphatic heterocycles. The fourth-order valence-corrected chi connectivity index (χ4v) is 0.960. The van der Waals surface area contributed by atoms with Crippen molar-refractivity contribution in [1.82, 2.24) is 17.2 Å². The summed E-state index contributed by atoms with van der Waals surface area (Å²) in [5.41, 5.74) is 0. The Morgan fingerprint density at radius 1 is 0.889 bits per heavy atom. The summed E-state index contributed by atoms with van der Waals surface area (Å²) in [6, 6.07) is 7.83. The van der Waals surface area contributed by atoms with Crippen LogP contribution in [0.5, 0.6) is 0 Å². The number of carbonyl (C=O) groups is 1. The topological polar surface area (TPSA) is 206 Å². The van der Waals surface area contributed by atoms with Crippen LogP contribution in [0, 0.1) is 45.3 Å². The Morgan fingerprint density at radius 3 is 1.19 bits per heavy atom. The third kappa shape index (κ3) is 101. The van der Waals surface area contributed by atoms with Crippen LogP contribution in [0.15, 0.2) is 12.7 Å². The highest BCUT2D eigenvalue weighted by Gasteiger charge is 2.02. The third-order valence-corrected chi connectivity index (χ3v) is 1.71. The quantitative estimate of drug-likeness (QED) is 0.539. The summed E-state index contributed by atoms with van der Waals surface area (Å²) in [4.78, 5) is 11.0. The molecule has 0 bridgehead atoms. The lowest BCUT2D eigenvalue weighted by Crippen LogP contribution is -2.26. The van der Waals surface area contributed by atoms with Crippen molar-refractivity contribution in [2.24, 2.45) is 0 Å². The van der Waals surface area contributed by atoms with E-state index in [1.54, 1.807) is 6.07 Å². The molecule has 9 nitrogen and oxygen atoms in total. The standard InChI is InChI=1S/C9H12N4.C3H3N.C2H4O2.4CH4.2H3N/c10-4-1-7-13(8-2-5-11)9-3-6-12;1-2-3-4;1-2(3)4;;;;;;/h1-3,7-9H2;2H,1H2;1H3,(H,3,4);4*1H4;2*1H3. The van der Waals surface area contributed by atoms with Gasteiger partial charge in [-0.05, 0) is 0 Å². The Morgan fingerprint density at radius 2 is 1.07 bits per heavy atom. The van der Waals surface area contributed by atoms with E-state index in [-0.39, 0.29) is 42.0 Å². The summed E-state index contributed by atoms with van der Waals surface area (Å²) in [6.45, 7) is 6.16. The van der Waals surface area contributed by atoms with Gasteiger partial charge in [0.15, 0.2) is 0 Å². The van der Waals surface area contributed by atoms with E-state index < -0.39 is 5.97 Å². The zero-order chi connectivity index (χ0) is 16.9. The van der Waals surface area contributed by atoms with Gasteiger partial charge in [-0.3, -0.25) is 4.79 Å². The molecule has 0 amide bonds. The van der Waals surface area contributed by atoms with Crippen LogP contribution in [0.2, 0.25) is 0 Å². The molecule has 0 aromatic heterocycles. The second-order valence-corrected chi connectivity index (χ2v) is 3.42. The molecule has 0 heterocycles. The van der Waals surface area contributed by atoms with Gasteiger partial charge in [0.1, 0.15) is 0 Å². The fraction of sp³-hybridized carbons (Fsp3) is 0.611. The van der Waals surface area contributed by atoms with E-state index in [9.17, 15) is 0 Å². The van der Waals surface area contributed by atoms with Crippen molar-refractivity contribution in [3.05, 3.63) is 12.7 Å². The lowest BCUT2D eigenvalue weighted by Gasteiger charge is -2.17. The Bertz CT molecular complexity index is 394. The summed E-state index contributed by atoms with van der Waals surface area (Å²) in [7, 11) is 0. The van der Waals surface area contributed by atoms with Crippen LogP contribution in [-0.4, -0.2) is 35.6 Å². The minimum atomic E-state index is -0.833. The highest BCUT2D eigenvalue weighted by atomic mass is 16.4. The van der Waals surface area contributed by atoms with Crippen LogP contribution in [0.3, 0.4) is 0 Å². The zero-order valence-corrected chi connectivity index (χ0v) is 13.5. The molecule has 0 unspecified atom stereocenters. The molecule has 0 aromatic carbocycles. The van der Waals surface area contributed by atoms with Crippen LogP contribution < -0.4 is 12.3 Å². The van der Waals surface area contributed by atoms with E-state index in [2.05, 4.69) is 6.58 Å². The van der Waals surface area contributed by atoms with E-state index >= 15 is 0 Å². The second kappa shape index (κ2) is 56.8. The zero-order valence-electron chi connectivity index (χ0n) is 13.5. The number of carboxylic acid groups (broad SMARTS) is 1. The molecule has 0 fully saturated rings. The lowest BCUT2D eigenvalue weighted by atomic mass is 10.3. The van der Waals surface area contributed by atoms with E-state index in [4.69, 9.17) is 30.9 Å². The van der Waals surface area contributed by atoms with Crippen molar-refractivity contribution >= 4 is 5.97 Å². The average molecular weight is 388 g/mol. The number of carboxylic acids is 1. The Kier molecular flexibility index (Phi) is 119. The molecule has 0 saturated carbocycles. The summed E-state index contributed by atoms with van der Waals surface area (Å²) >= 11 is 0.